The number of ether oxygens (including phenoxy) is 1. The first-order chi connectivity index (χ1) is 11.6. The first kappa shape index (κ1) is 17.0. The van der Waals surface area contributed by atoms with E-state index in [9.17, 15) is 15.1 Å². The lowest BCUT2D eigenvalue weighted by atomic mass is 9.85. The minimum Gasteiger partial charge on any atom is -0.600 e. The fourth-order valence-electron chi connectivity index (χ4n) is 2.91. The van der Waals surface area contributed by atoms with Gasteiger partial charge in [-0.2, -0.15) is 0 Å². The molecule has 0 amide bonds. The van der Waals surface area contributed by atoms with E-state index in [0.717, 1.165) is 18.3 Å². The summed E-state index contributed by atoms with van der Waals surface area (Å²) in [7, 11) is 2.99. The highest BCUT2D eigenvalue weighted by molar-refractivity contribution is 6.29. The number of carboxylic acid groups (broad SMARTS) is 1. The van der Waals surface area contributed by atoms with Crippen LogP contribution in [-0.2, 0) is 11.3 Å². The third kappa shape index (κ3) is 3.64. The van der Waals surface area contributed by atoms with Gasteiger partial charge >= 0.3 is 13.5 Å². The third-order valence-electron chi connectivity index (χ3n) is 4.22. The molecule has 1 atom stereocenters. The van der Waals surface area contributed by atoms with E-state index in [-0.39, 0.29) is 16.9 Å². The Morgan fingerprint density at radius 3 is 3.04 bits per heavy atom. The van der Waals surface area contributed by atoms with Crippen LogP contribution in [0, 0.1) is 5.21 Å². The van der Waals surface area contributed by atoms with E-state index in [1.165, 1.54) is 7.11 Å². The number of aryl methyl sites for hydroxylation is 1. The normalized spacial score (nSPS) is 18.8. The van der Waals surface area contributed by atoms with E-state index in [4.69, 9.17) is 9.39 Å². The average molecular weight is 335 g/mol. The van der Waals surface area contributed by atoms with Gasteiger partial charge in [-0.05, 0) is 24.4 Å². The maximum absolute atomic E-state index is 11.6. The number of aromatic carboxylic acids is 1. The van der Waals surface area contributed by atoms with Crippen molar-refractivity contribution in [2.45, 2.75) is 18.8 Å². The molecule has 1 aromatic rings. The molecule has 2 heterocycles. The zero-order valence-electron chi connectivity index (χ0n) is 13.5. The molecule has 9 heteroatoms. The van der Waals surface area contributed by atoms with E-state index in [1.807, 2.05) is 6.07 Å². The molecule has 129 valence electrons. The third-order valence-corrected chi connectivity index (χ3v) is 4.22. The fraction of sp³-hybridized carbons (Fsp3) is 0.533. The number of hydrogen-bond acceptors (Lipinski definition) is 6. The van der Waals surface area contributed by atoms with Crippen LogP contribution >= 0.6 is 0 Å². The van der Waals surface area contributed by atoms with Crippen LogP contribution in [0.5, 0.6) is 11.5 Å². The molecule has 3 rings (SSSR count). The number of hydrogen-bond donors (Lipinski definition) is 2. The van der Waals surface area contributed by atoms with Gasteiger partial charge in [0, 0.05) is 13.1 Å². The van der Waals surface area contributed by atoms with Gasteiger partial charge in [-0.25, -0.2) is 14.9 Å². The SMILES string of the molecule is CO[NH+]([O-])CCN1CC(Oc2ccc3c(c2C(=O)O)O[B]CC3)C1. The molecule has 1 radical (unpaired) electrons. The Labute approximate surface area is 140 Å². The van der Waals surface area contributed by atoms with Crippen LogP contribution in [0.15, 0.2) is 12.1 Å². The molecule has 0 aliphatic carbocycles. The van der Waals surface area contributed by atoms with Gasteiger partial charge in [0.15, 0.2) is 0 Å². The number of hydroxylamine groups is 2. The summed E-state index contributed by atoms with van der Waals surface area (Å²) >= 11 is 0. The molecule has 0 spiro atoms. The Morgan fingerprint density at radius 1 is 1.54 bits per heavy atom. The second-order valence-electron chi connectivity index (χ2n) is 5.88. The molecule has 2 aliphatic rings. The Balaban J connectivity index is 1.61. The Bertz CT molecular complexity index is 608. The molecule has 24 heavy (non-hydrogen) atoms. The molecule has 1 unspecified atom stereocenters. The van der Waals surface area contributed by atoms with Crippen LogP contribution in [0.1, 0.15) is 15.9 Å². The van der Waals surface area contributed by atoms with Crippen molar-refractivity contribution in [3.63, 3.8) is 0 Å². The van der Waals surface area contributed by atoms with Crippen molar-refractivity contribution in [3.05, 3.63) is 28.5 Å². The second kappa shape index (κ2) is 7.39. The average Bonchev–Trinajstić information content (AvgIpc) is 2.55. The monoisotopic (exact) mass is 335 g/mol. The first-order valence-electron chi connectivity index (χ1n) is 7.92. The number of benzene rings is 1. The lowest BCUT2D eigenvalue weighted by molar-refractivity contribution is -1.05. The standard InChI is InChI=1S/C15H20BN2O6/c1-22-18(21)7-6-17-8-11(9-17)23-12-3-2-10-4-5-16-24-14(10)13(12)15(19)20/h2-3,11,18H,4-9H2,1H3,(H,19,20). The van der Waals surface area contributed by atoms with Crippen LogP contribution in [0.2, 0.25) is 6.32 Å². The molecule has 0 bridgehead atoms. The van der Waals surface area contributed by atoms with Gasteiger partial charge in [0.2, 0.25) is 0 Å². The first-order valence-corrected chi connectivity index (χ1v) is 7.92. The Hall–Kier alpha value is -1.81. The number of nitrogens with zero attached hydrogens (tertiary/aromatic N) is 1. The largest absolute Gasteiger partial charge is 0.600 e. The summed E-state index contributed by atoms with van der Waals surface area (Å²) in [4.78, 5) is 18.3. The molecular formula is C15H20BN2O6. The van der Waals surface area contributed by atoms with E-state index in [1.54, 1.807) is 13.5 Å². The predicted octanol–water partition coefficient (Wildman–Crippen LogP) is -0.636. The molecule has 1 aromatic carbocycles. The summed E-state index contributed by atoms with van der Waals surface area (Å²) in [6, 6.07) is 3.56. The number of rotatable bonds is 7. The zero-order valence-corrected chi connectivity index (χ0v) is 13.5. The maximum atomic E-state index is 11.6. The molecular weight excluding hydrogens is 315 g/mol. The lowest BCUT2D eigenvalue weighted by Crippen LogP contribution is -3.06. The topological polar surface area (TPSA) is 95.7 Å². The number of carboxylic acids is 1. The molecule has 2 aliphatic heterocycles. The summed E-state index contributed by atoms with van der Waals surface area (Å²) in [5.41, 5.74) is 0.965. The van der Waals surface area contributed by atoms with E-state index < -0.39 is 5.97 Å². The Kier molecular flexibility index (Phi) is 5.25. The van der Waals surface area contributed by atoms with Crippen LogP contribution in [0.3, 0.4) is 0 Å². The van der Waals surface area contributed by atoms with E-state index in [0.29, 0.717) is 37.7 Å². The lowest BCUT2D eigenvalue weighted by Gasteiger charge is -2.39. The van der Waals surface area contributed by atoms with E-state index >= 15 is 0 Å². The number of carbonyl (C=O) groups is 1. The van der Waals surface area contributed by atoms with Gasteiger partial charge in [0.1, 0.15) is 29.7 Å². The summed E-state index contributed by atoms with van der Waals surface area (Å²) < 4.78 is 11.3. The molecule has 2 N–H and O–H groups in total. The van der Waals surface area contributed by atoms with Gasteiger partial charge in [0.05, 0.1) is 13.7 Å². The molecule has 0 saturated carbocycles. The van der Waals surface area contributed by atoms with Crippen LogP contribution in [0.25, 0.3) is 0 Å². The van der Waals surface area contributed by atoms with Crippen LogP contribution in [-0.4, -0.2) is 62.9 Å². The van der Waals surface area contributed by atoms with Crippen molar-refractivity contribution >= 4 is 13.5 Å². The van der Waals surface area contributed by atoms with Crippen molar-refractivity contribution in [2.75, 3.05) is 33.3 Å². The van der Waals surface area contributed by atoms with Crippen molar-refractivity contribution in [3.8, 4) is 11.5 Å². The van der Waals surface area contributed by atoms with Gasteiger partial charge in [-0.15, -0.1) is 0 Å². The van der Waals surface area contributed by atoms with Crippen molar-refractivity contribution in [1.82, 2.24) is 4.90 Å². The highest BCUT2D eigenvalue weighted by Crippen LogP contribution is 2.36. The highest BCUT2D eigenvalue weighted by Gasteiger charge is 2.31. The van der Waals surface area contributed by atoms with Gasteiger partial charge in [0.25, 0.3) is 0 Å². The van der Waals surface area contributed by atoms with Crippen LogP contribution < -0.4 is 14.6 Å². The molecule has 0 aromatic heterocycles. The maximum Gasteiger partial charge on any atom is 0.370 e. The number of nitrogens with one attached hydrogen (secondary N) is 1. The van der Waals surface area contributed by atoms with Crippen molar-refractivity contribution in [2.24, 2.45) is 0 Å². The summed E-state index contributed by atoms with van der Waals surface area (Å²) in [6.07, 6.45) is 1.44. The van der Waals surface area contributed by atoms with Gasteiger partial charge < -0.3 is 19.7 Å². The van der Waals surface area contributed by atoms with Crippen molar-refractivity contribution in [1.29, 1.82) is 0 Å². The quantitative estimate of drug-likeness (QED) is 0.506. The molecule has 1 saturated heterocycles. The molecule has 8 nitrogen and oxygen atoms in total. The fourth-order valence-corrected chi connectivity index (χ4v) is 2.91. The second-order valence-corrected chi connectivity index (χ2v) is 5.88. The minimum absolute atomic E-state index is 0.0801. The minimum atomic E-state index is -1.06. The van der Waals surface area contributed by atoms with Crippen LogP contribution in [0.4, 0.5) is 0 Å². The Morgan fingerprint density at radius 2 is 2.33 bits per heavy atom. The summed E-state index contributed by atoms with van der Waals surface area (Å²) in [6.45, 7) is 2.26. The highest BCUT2D eigenvalue weighted by atomic mass is 16.9. The number of quaternary nitrogens is 1. The number of likely N-dealkylation sites (tertiary alicyclic amines) is 1. The van der Waals surface area contributed by atoms with Crippen molar-refractivity contribution < 1.29 is 29.4 Å². The van der Waals surface area contributed by atoms with Gasteiger partial charge in [-0.1, -0.05) is 6.07 Å². The predicted molar refractivity (Wildman–Crippen MR) is 85.4 cm³/mol. The zero-order chi connectivity index (χ0) is 17.1. The summed E-state index contributed by atoms with van der Waals surface area (Å²) in [5, 5.41) is 20.4. The van der Waals surface area contributed by atoms with Gasteiger partial charge in [-0.3, -0.25) is 4.90 Å². The number of fused-ring (bicyclic) bond motifs is 1. The van der Waals surface area contributed by atoms with E-state index in [2.05, 4.69) is 9.74 Å². The molecule has 1 fully saturated rings. The summed E-state index contributed by atoms with van der Waals surface area (Å²) in [5.74, 6) is -0.346. The smallest absolute Gasteiger partial charge is 0.370 e.